The van der Waals surface area contributed by atoms with Crippen LogP contribution in [-0.2, 0) is 16.5 Å². The van der Waals surface area contributed by atoms with Gasteiger partial charge in [0.05, 0.1) is 36.1 Å². The Morgan fingerprint density at radius 3 is 2.91 bits per heavy atom. The third kappa shape index (κ3) is 4.56. The van der Waals surface area contributed by atoms with Crippen molar-refractivity contribution in [3.63, 3.8) is 0 Å². The van der Waals surface area contributed by atoms with Crippen LogP contribution < -0.4 is 5.32 Å². The second-order valence-electron chi connectivity index (χ2n) is 5.97. The minimum absolute atomic E-state index is 0.0728. The molecule has 1 aliphatic rings. The summed E-state index contributed by atoms with van der Waals surface area (Å²) in [4.78, 5) is 12.5. The van der Waals surface area contributed by atoms with Gasteiger partial charge in [-0.05, 0) is 27.2 Å². The molecule has 1 aromatic rings. The van der Waals surface area contributed by atoms with E-state index in [-0.39, 0.29) is 18.1 Å². The van der Waals surface area contributed by atoms with E-state index in [2.05, 4.69) is 10.4 Å². The van der Waals surface area contributed by atoms with Crippen LogP contribution in [0.4, 0.5) is 0 Å². The number of carbonyl (C=O) groups is 1. The number of hydrogen-bond acceptors (Lipinski definition) is 4. The molecule has 128 valence electrons. The lowest BCUT2D eigenvalue weighted by molar-refractivity contribution is -0.0458. The first kappa shape index (κ1) is 18.0. The van der Waals surface area contributed by atoms with Crippen molar-refractivity contribution < 1.29 is 14.3 Å². The van der Waals surface area contributed by atoms with Crippen LogP contribution in [0, 0.1) is 6.92 Å². The summed E-state index contributed by atoms with van der Waals surface area (Å²) in [5, 5.41) is 7.51. The number of rotatable bonds is 5. The molecule has 0 spiro atoms. The maximum Gasteiger partial charge on any atom is 0.271 e. The molecule has 2 rings (SSSR count). The van der Waals surface area contributed by atoms with E-state index in [1.807, 2.05) is 19.9 Å². The van der Waals surface area contributed by atoms with E-state index in [0.717, 1.165) is 6.42 Å². The summed E-state index contributed by atoms with van der Waals surface area (Å²) in [5.41, 5.74) is 2.20. The maximum atomic E-state index is 12.5. The number of aryl methyl sites for hydroxylation is 2. The van der Waals surface area contributed by atoms with E-state index in [1.165, 1.54) is 10.3 Å². The van der Waals surface area contributed by atoms with Gasteiger partial charge in [0, 0.05) is 13.7 Å². The van der Waals surface area contributed by atoms with Crippen molar-refractivity contribution in [3.8, 4) is 0 Å². The van der Waals surface area contributed by atoms with Crippen LogP contribution in [0.25, 0.3) is 0 Å². The Labute approximate surface area is 141 Å². The third-order valence-corrected chi connectivity index (χ3v) is 4.23. The molecule has 2 atom stereocenters. The van der Waals surface area contributed by atoms with Crippen molar-refractivity contribution in [3.05, 3.63) is 28.1 Å². The second kappa shape index (κ2) is 7.95. The third-order valence-electron chi connectivity index (χ3n) is 3.78. The molecule has 1 fully saturated rings. The molecule has 1 aromatic heterocycles. The fourth-order valence-corrected chi connectivity index (χ4v) is 2.75. The van der Waals surface area contributed by atoms with Crippen LogP contribution >= 0.6 is 11.6 Å². The van der Waals surface area contributed by atoms with Crippen LogP contribution in [0.2, 0.25) is 5.02 Å². The van der Waals surface area contributed by atoms with Gasteiger partial charge in [-0.25, -0.2) is 0 Å². The number of aromatic nitrogens is 2. The van der Waals surface area contributed by atoms with Crippen LogP contribution in [0.5, 0.6) is 0 Å². The number of hydrogen-bond donors (Lipinski definition) is 1. The van der Waals surface area contributed by atoms with Crippen LogP contribution in [0.15, 0.2) is 11.6 Å². The van der Waals surface area contributed by atoms with Crippen molar-refractivity contribution in [2.75, 3.05) is 19.8 Å². The quantitative estimate of drug-likeness (QED) is 0.834. The lowest BCUT2D eigenvalue weighted by atomic mass is 10.1. The number of halogens is 1. The first-order chi connectivity index (χ1) is 10.9. The van der Waals surface area contributed by atoms with Crippen molar-refractivity contribution in [2.24, 2.45) is 7.05 Å². The first-order valence-electron chi connectivity index (χ1n) is 7.72. The van der Waals surface area contributed by atoms with E-state index in [1.54, 1.807) is 14.0 Å². The summed E-state index contributed by atoms with van der Waals surface area (Å²) >= 11 is 6.17. The molecule has 23 heavy (non-hydrogen) atoms. The molecule has 7 heteroatoms. The van der Waals surface area contributed by atoms with E-state index in [0.29, 0.717) is 36.2 Å². The zero-order valence-electron chi connectivity index (χ0n) is 14.1. The van der Waals surface area contributed by atoms with Gasteiger partial charge in [-0.2, -0.15) is 5.10 Å². The van der Waals surface area contributed by atoms with E-state index >= 15 is 0 Å². The molecule has 0 aromatic carbocycles. The molecule has 0 aliphatic carbocycles. The second-order valence-corrected chi connectivity index (χ2v) is 6.35. The van der Waals surface area contributed by atoms with Crippen molar-refractivity contribution in [1.82, 2.24) is 15.1 Å². The van der Waals surface area contributed by atoms with Crippen molar-refractivity contribution in [1.29, 1.82) is 0 Å². The van der Waals surface area contributed by atoms with Crippen molar-refractivity contribution in [2.45, 2.75) is 39.3 Å². The number of amides is 1. The number of nitrogens with zero attached hydrogens (tertiary/aromatic N) is 2. The van der Waals surface area contributed by atoms with Crippen molar-refractivity contribution >= 4 is 17.5 Å². The Hall–Kier alpha value is -1.37. The standard InChI is InChI=1S/C16H24ClN3O3/c1-10(2)5-8-23-13-6-7-22-9-12(13)18-16(21)15-14(17)11(3)19-20(15)4/h5,12-13H,6-9H2,1-4H3,(H,18,21)/t12-,13+/m1/s1. The minimum Gasteiger partial charge on any atom is -0.379 e. The van der Waals surface area contributed by atoms with Gasteiger partial charge in [-0.3, -0.25) is 9.48 Å². The number of carbonyl (C=O) groups excluding carboxylic acids is 1. The molecular formula is C16H24ClN3O3. The summed E-state index contributed by atoms with van der Waals surface area (Å²) in [7, 11) is 1.70. The normalized spacial score (nSPS) is 21.1. The molecule has 1 N–H and O–H groups in total. The lowest BCUT2D eigenvalue weighted by Gasteiger charge is -2.31. The Morgan fingerprint density at radius 2 is 2.30 bits per heavy atom. The molecule has 2 heterocycles. The zero-order chi connectivity index (χ0) is 17.0. The summed E-state index contributed by atoms with van der Waals surface area (Å²) in [6.45, 7) is 7.43. The first-order valence-corrected chi connectivity index (χ1v) is 8.10. The highest BCUT2D eigenvalue weighted by atomic mass is 35.5. The van der Waals surface area contributed by atoms with Gasteiger partial charge in [0.15, 0.2) is 0 Å². The fraction of sp³-hybridized carbons (Fsp3) is 0.625. The highest BCUT2D eigenvalue weighted by molar-refractivity contribution is 6.34. The molecule has 1 aliphatic heterocycles. The Morgan fingerprint density at radius 1 is 1.57 bits per heavy atom. The molecule has 0 bridgehead atoms. The monoisotopic (exact) mass is 341 g/mol. The topological polar surface area (TPSA) is 65.4 Å². The number of allylic oxidation sites excluding steroid dienone is 1. The molecule has 0 radical (unpaired) electrons. The van der Waals surface area contributed by atoms with Gasteiger partial charge in [0.25, 0.3) is 5.91 Å². The largest absolute Gasteiger partial charge is 0.379 e. The molecule has 6 nitrogen and oxygen atoms in total. The van der Waals surface area contributed by atoms with Gasteiger partial charge >= 0.3 is 0 Å². The zero-order valence-corrected chi connectivity index (χ0v) is 14.8. The van der Waals surface area contributed by atoms with E-state index in [9.17, 15) is 4.79 Å². The molecule has 0 saturated carbocycles. The molecule has 1 saturated heterocycles. The summed E-state index contributed by atoms with van der Waals surface area (Å²) in [5.74, 6) is -0.260. The van der Waals surface area contributed by atoms with Gasteiger partial charge in [0.1, 0.15) is 5.69 Å². The maximum absolute atomic E-state index is 12.5. The molecule has 1 amide bonds. The molecular weight excluding hydrogens is 318 g/mol. The summed E-state index contributed by atoms with van der Waals surface area (Å²) < 4.78 is 12.9. The summed E-state index contributed by atoms with van der Waals surface area (Å²) in [6.07, 6.45) is 2.70. The van der Waals surface area contributed by atoms with Gasteiger partial charge in [-0.1, -0.05) is 23.3 Å². The van der Waals surface area contributed by atoms with E-state index < -0.39 is 0 Å². The average molecular weight is 342 g/mol. The smallest absolute Gasteiger partial charge is 0.271 e. The SMILES string of the molecule is CC(C)=CCO[C@H]1CCOC[C@H]1NC(=O)c1c(Cl)c(C)nn1C. The Balaban J connectivity index is 2.03. The Bertz CT molecular complexity index is 594. The van der Waals surface area contributed by atoms with Crippen LogP contribution in [-0.4, -0.2) is 47.7 Å². The predicted molar refractivity (Wildman–Crippen MR) is 88.8 cm³/mol. The number of nitrogens with one attached hydrogen (secondary N) is 1. The van der Waals surface area contributed by atoms with E-state index in [4.69, 9.17) is 21.1 Å². The van der Waals surface area contributed by atoms with Gasteiger partial charge in [-0.15, -0.1) is 0 Å². The summed E-state index contributed by atoms with van der Waals surface area (Å²) in [6, 6.07) is -0.201. The lowest BCUT2D eigenvalue weighted by Crippen LogP contribution is -2.51. The molecule has 0 unspecified atom stereocenters. The Kier molecular flexibility index (Phi) is 6.21. The van der Waals surface area contributed by atoms with Gasteiger partial charge < -0.3 is 14.8 Å². The average Bonchev–Trinajstić information content (AvgIpc) is 2.73. The number of ether oxygens (including phenoxy) is 2. The fourth-order valence-electron chi connectivity index (χ4n) is 2.51. The highest BCUT2D eigenvalue weighted by Gasteiger charge is 2.30. The van der Waals surface area contributed by atoms with Crippen LogP contribution in [0.3, 0.4) is 0 Å². The van der Waals surface area contributed by atoms with Gasteiger partial charge in [0.2, 0.25) is 0 Å². The minimum atomic E-state index is -0.260. The van der Waals surface area contributed by atoms with Crippen LogP contribution in [0.1, 0.15) is 36.5 Å². The highest BCUT2D eigenvalue weighted by Crippen LogP contribution is 2.20. The predicted octanol–water partition coefficient (Wildman–Crippen LogP) is 2.25.